The van der Waals surface area contributed by atoms with Gasteiger partial charge in [-0.15, -0.1) is 0 Å². The Morgan fingerprint density at radius 1 is 0.857 bits per heavy atom. The van der Waals surface area contributed by atoms with Crippen LogP contribution in [0.25, 0.3) is 21.9 Å². The van der Waals surface area contributed by atoms with Gasteiger partial charge in [-0.25, -0.2) is 9.59 Å². The van der Waals surface area contributed by atoms with Gasteiger partial charge in [-0.05, 0) is 55.5 Å². The molecule has 0 unspecified atom stereocenters. The number of rotatable bonds is 3. The Balaban J connectivity index is 0.000000162. The third kappa shape index (κ3) is 4.07. The highest BCUT2D eigenvalue weighted by Gasteiger charge is 2.13. The van der Waals surface area contributed by atoms with E-state index in [0.717, 1.165) is 0 Å². The average Bonchev–Trinajstić information content (AvgIpc) is 3.25. The highest BCUT2D eigenvalue weighted by Crippen LogP contribution is 2.24. The number of ether oxygens (including phenoxy) is 1. The molecule has 2 heterocycles. The van der Waals surface area contributed by atoms with E-state index in [2.05, 4.69) is 0 Å². The lowest BCUT2D eigenvalue weighted by Gasteiger charge is -1.95. The molecule has 0 aliphatic carbocycles. The zero-order valence-corrected chi connectivity index (χ0v) is 14.7. The number of esters is 1. The van der Waals surface area contributed by atoms with Crippen LogP contribution in [0.4, 0.5) is 0 Å². The molecule has 2 aromatic carbocycles. The summed E-state index contributed by atoms with van der Waals surface area (Å²) in [5, 5.41) is 28.2. The van der Waals surface area contributed by atoms with Crippen molar-refractivity contribution in [2.45, 2.75) is 6.92 Å². The fourth-order valence-corrected chi connectivity index (χ4v) is 2.47. The quantitative estimate of drug-likeness (QED) is 0.449. The van der Waals surface area contributed by atoms with Crippen molar-refractivity contribution in [3.05, 3.63) is 60.1 Å². The molecule has 0 bridgehead atoms. The number of aromatic hydroxyl groups is 2. The standard InChI is InChI=1S/C11H10O4.C9H6O4/c1-2-14-11(13)10-6-7-5-8(12)3-4-9(7)15-10;10-6-1-2-7-5(3-6)4-8(13-7)9(11)12/h3-6,12H,2H2,1H3;1-4,10H,(H,11,12). The van der Waals surface area contributed by atoms with Gasteiger partial charge in [-0.2, -0.15) is 0 Å². The number of carbonyl (C=O) groups is 2. The van der Waals surface area contributed by atoms with E-state index in [4.69, 9.17) is 23.8 Å². The van der Waals surface area contributed by atoms with E-state index < -0.39 is 11.9 Å². The lowest BCUT2D eigenvalue weighted by atomic mass is 10.2. The van der Waals surface area contributed by atoms with Gasteiger partial charge in [0, 0.05) is 10.8 Å². The van der Waals surface area contributed by atoms with E-state index in [9.17, 15) is 14.7 Å². The summed E-state index contributed by atoms with van der Waals surface area (Å²) in [7, 11) is 0. The van der Waals surface area contributed by atoms with Gasteiger partial charge in [-0.3, -0.25) is 0 Å². The molecule has 0 saturated heterocycles. The SMILES string of the molecule is CCOC(=O)c1cc2cc(O)ccc2o1.O=C(O)c1cc2cc(O)ccc2o1. The Bertz CT molecular complexity index is 1150. The third-order valence-corrected chi connectivity index (χ3v) is 3.69. The maximum absolute atomic E-state index is 11.3. The normalized spacial score (nSPS) is 10.5. The van der Waals surface area contributed by atoms with Crippen molar-refractivity contribution in [1.29, 1.82) is 0 Å². The third-order valence-electron chi connectivity index (χ3n) is 3.69. The fourth-order valence-electron chi connectivity index (χ4n) is 2.47. The summed E-state index contributed by atoms with van der Waals surface area (Å²) in [6.45, 7) is 2.04. The Morgan fingerprint density at radius 2 is 1.36 bits per heavy atom. The molecule has 4 aromatic rings. The van der Waals surface area contributed by atoms with E-state index in [1.54, 1.807) is 19.1 Å². The van der Waals surface area contributed by atoms with E-state index in [1.165, 1.54) is 36.4 Å². The maximum Gasteiger partial charge on any atom is 0.374 e. The summed E-state index contributed by atoms with van der Waals surface area (Å²) in [6, 6.07) is 12.0. The van der Waals surface area contributed by atoms with Crippen LogP contribution in [0.5, 0.6) is 11.5 Å². The van der Waals surface area contributed by atoms with Gasteiger partial charge in [0.05, 0.1) is 6.61 Å². The van der Waals surface area contributed by atoms with Crippen LogP contribution in [0.15, 0.2) is 57.4 Å². The molecule has 28 heavy (non-hydrogen) atoms. The van der Waals surface area contributed by atoms with Crippen molar-refractivity contribution in [2.75, 3.05) is 6.61 Å². The monoisotopic (exact) mass is 384 g/mol. The van der Waals surface area contributed by atoms with Crippen LogP contribution in [-0.4, -0.2) is 33.9 Å². The first-order chi connectivity index (χ1) is 13.4. The minimum atomic E-state index is -1.12. The van der Waals surface area contributed by atoms with Crippen molar-refractivity contribution in [2.24, 2.45) is 0 Å². The zero-order valence-electron chi connectivity index (χ0n) is 14.7. The predicted octanol–water partition coefficient (Wildman–Crippen LogP) is 4.15. The van der Waals surface area contributed by atoms with Gasteiger partial charge >= 0.3 is 11.9 Å². The smallest absolute Gasteiger partial charge is 0.374 e. The summed E-state index contributed by atoms with van der Waals surface area (Å²) in [4.78, 5) is 21.8. The molecule has 3 N–H and O–H groups in total. The molecule has 0 atom stereocenters. The first-order valence-corrected chi connectivity index (χ1v) is 8.23. The molecule has 0 aliphatic rings. The Morgan fingerprint density at radius 3 is 1.86 bits per heavy atom. The van der Waals surface area contributed by atoms with Crippen molar-refractivity contribution in [1.82, 2.24) is 0 Å². The van der Waals surface area contributed by atoms with E-state index >= 15 is 0 Å². The first kappa shape index (κ1) is 18.8. The molecular weight excluding hydrogens is 368 g/mol. The summed E-state index contributed by atoms with van der Waals surface area (Å²) in [5.41, 5.74) is 1.01. The summed E-state index contributed by atoms with van der Waals surface area (Å²) >= 11 is 0. The van der Waals surface area contributed by atoms with Crippen LogP contribution in [0, 0.1) is 0 Å². The van der Waals surface area contributed by atoms with Gasteiger partial charge in [0.15, 0.2) is 0 Å². The molecule has 8 heteroatoms. The van der Waals surface area contributed by atoms with Crippen LogP contribution in [0.3, 0.4) is 0 Å². The molecule has 8 nitrogen and oxygen atoms in total. The van der Waals surface area contributed by atoms with Crippen molar-refractivity contribution < 1.29 is 38.5 Å². The second kappa shape index (κ2) is 7.75. The highest BCUT2D eigenvalue weighted by atomic mass is 16.5. The molecule has 0 aliphatic heterocycles. The Labute approximate surface area is 158 Å². The summed E-state index contributed by atoms with van der Waals surface area (Å²) in [6.07, 6.45) is 0. The van der Waals surface area contributed by atoms with Gasteiger partial charge in [0.1, 0.15) is 22.7 Å². The Hall–Kier alpha value is -3.94. The molecule has 2 aromatic heterocycles. The van der Waals surface area contributed by atoms with Crippen LogP contribution in [-0.2, 0) is 4.74 Å². The molecule has 0 spiro atoms. The van der Waals surface area contributed by atoms with Crippen molar-refractivity contribution in [3.8, 4) is 11.5 Å². The lowest BCUT2D eigenvalue weighted by Crippen LogP contribution is -2.02. The second-order valence-electron chi connectivity index (χ2n) is 5.69. The highest BCUT2D eigenvalue weighted by molar-refractivity contribution is 5.93. The fraction of sp³-hybridized carbons (Fsp3) is 0.100. The number of aromatic carboxylic acids is 1. The van der Waals surface area contributed by atoms with Gasteiger partial charge in [0.25, 0.3) is 0 Å². The molecule has 0 amide bonds. The van der Waals surface area contributed by atoms with Gasteiger partial charge in [0.2, 0.25) is 11.5 Å². The Kier molecular flexibility index (Phi) is 5.21. The number of phenolic OH excluding ortho intramolecular Hbond substituents is 2. The maximum atomic E-state index is 11.3. The minimum absolute atomic E-state index is 0.0882. The first-order valence-electron chi connectivity index (χ1n) is 8.23. The molecule has 0 saturated carbocycles. The average molecular weight is 384 g/mol. The van der Waals surface area contributed by atoms with Crippen LogP contribution >= 0.6 is 0 Å². The van der Waals surface area contributed by atoms with Crippen molar-refractivity contribution in [3.63, 3.8) is 0 Å². The number of hydrogen-bond donors (Lipinski definition) is 3. The van der Waals surface area contributed by atoms with Gasteiger partial charge < -0.3 is 28.9 Å². The summed E-state index contributed by atoms with van der Waals surface area (Å²) in [5.74, 6) is -1.36. The molecule has 0 radical (unpaired) electrons. The number of fused-ring (bicyclic) bond motifs is 2. The number of carbonyl (C=O) groups excluding carboxylic acids is 1. The van der Waals surface area contributed by atoms with Crippen LogP contribution < -0.4 is 0 Å². The minimum Gasteiger partial charge on any atom is -0.508 e. The molecule has 4 rings (SSSR count). The number of benzene rings is 2. The number of carboxylic acids is 1. The molecule has 144 valence electrons. The number of furan rings is 2. The predicted molar refractivity (Wildman–Crippen MR) is 98.7 cm³/mol. The van der Waals surface area contributed by atoms with Crippen LogP contribution in [0.1, 0.15) is 28.0 Å². The topological polar surface area (TPSA) is 130 Å². The van der Waals surface area contributed by atoms with Crippen molar-refractivity contribution >= 4 is 33.9 Å². The summed E-state index contributed by atoms with van der Waals surface area (Å²) < 4.78 is 15.0. The lowest BCUT2D eigenvalue weighted by molar-refractivity contribution is 0.0492. The van der Waals surface area contributed by atoms with E-state index in [-0.39, 0.29) is 23.0 Å². The van der Waals surface area contributed by atoms with Gasteiger partial charge in [-0.1, -0.05) is 0 Å². The number of phenols is 2. The molecule has 0 fully saturated rings. The second-order valence-corrected chi connectivity index (χ2v) is 5.69. The van der Waals surface area contributed by atoms with Crippen LogP contribution in [0.2, 0.25) is 0 Å². The number of carboxylic acid groups (broad SMARTS) is 1. The zero-order chi connectivity index (χ0) is 20.3. The number of hydrogen-bond acceptors (Lipinski definition) is 7. The largest absolute Gasteiger partial charge is 0.508 e. The van der Waals surface area contributed by atoms with E-state index in [0.29, 0.717) is 28.5 Å². The molecular formula is C20H16O8. The van der Waals surface area contributed by atoms with E-state index in [1.807, 2.05) is 0 Å².